The molecule has 1 heterocycles. The standard InChI is InChI=1S/C26H34N2O8/c1-25(2,3)35-23(31)27-19-12-7-8-13-20(28-24(32)36-26(4,5)6)22(30)34-16-18-11-9-10-17(14-18)15-33-21(19)29/h9-11,14,19-20H,12-13,15-16H2,1-6H3,(H,27,31)(H,28,32)/t19-,20-/m0/s1. The van der Waals surface area contributed by atoms with Gasteiger partial charge in [0.25, 0.3) is 0 Å². The van der Waals surface area contributed by atoms with E-state index in [4.69, 9.17) is 18.9 Å². The van der Waals surface area contributed by atoms with Gasteiger partial charge in [-0.25, -0.2) is 19.2 Å². The highest BCUT2D eigenvalue weighted by Crippen LogP contribution is 2.12. The highest BCUT2D eigenvalue weighted by Gasteiger charge is 2.27. The molecule has 2 rings (SSSR count). The molecule has 0 saturated carbocycles. The normalized spacial score (nSPS) is 19.2. The summed E-state index contributed by atoms with van der Waals surface area (Å²) in [5.41, 5.74) is -0.198. The minimum atomic E-state index is -1.11. The largest absolute Gasteiger partial charge is 0.459 e. The first-order valence-electron chi connectivity index (χ1n) is 11.6. The van der Waals surface area contributed by atoms with Crippen molar-refractivity contribution in [3.63, 3.8) is 0 Å². The topological polar surface area (TPSA) is 129 Å². The number of hydrogen-bond acceptors (Lipinski definition) is 8. The zero-order chi connectivity index (χ0) is 26.9. The maximum atomic E-state index is 12.7. The van der Waals surface area contributed by atoms with Gasteiger partial charge >= 0.3 is 24.1 Å². The summed E-state index contributed by atoms with van der Waals surface area (Å²) in [6, 6.07) is 4.75. The zero-order valence-electron chi connectivity index (χ0n) is 21.6. The van der Waals surface area contributed by atoms with Crippen molar-refractivity contribution in [2.45, 2.75) is 90.9 Å². The fourth-order valence-electron chi connectivity index (χ4n) is 2.95. The average Bonchev–Trinajstić information content (AvgIpc) is 2.74. The van der Waals surface area contributed by atoms with Gasteiger partial charge in [0.1, 0.15) is 36.5 Å². The van der Waals surface area contributed by atoms with Crippen molar-refractivity contribution in [2.24, 2.45) is 0 Å². The number of hydrogen-bond donors (Lipinski definition) is 2. The molecule has 1 aromatic rings. The molecule has 0 fully saturated rings. The van der Waals surface area contributed by atoms with Crippen molar-refractivity contribution in [1.29, 1.82) is 0 Å². The summed E-state index contributed by atoms with van der Waals surface area (Å²) in [6.07, 6.45) is -1.79. The Morgan fingerprint density at radius 2 is 1.19 bits per heavy atom. The summed E-state index contributed by atoms with van der Waals surface area (Å²) in [5, 5.41) is 4.97. The Labute approximate surface area is 211 Å². The quantitative estimate of drug-likeness (QED) is 0.358. The number of fused-ring (bicyclic) bond motifs is 2. The van der Waals surface area contributed by atoms with Crippen LogP contribution in [0.4, 0.5) is 9.59 Å². The van der Waals surface area contributed by atoms with Crippen LogP contribution in [0.3, 0.4) is 0 Å². The number of nitrogens with one attached hydrogen (secondary N) is 2. The lowest BCUT2D eigenvalue weighted by molar-refractivity contribution is -0.148. The van der Waals surface area contributed by atoms with Gasteiger partial charge in [-0.05, 0) is 58.7 Å². The SMILES string of the molecule is CC(C)(C)OC(=O)N[C@H]1CC#CC[C@H](NC(=O)OC(C)(C)C)C(=O)OCc2cccc(c2)COC1=O. The predicted octanol–water partition coefficient (Wildman–Crippen LogP) is 3.36. The molecule has 0 aliphatic carbocycles. The van der Waals surface area contributed by atoms with E-state index in [9.17, 15) is 19.2 Å². The monoisotopic (exact) mass is 502 g/mol. The summed E-state index contributed by atoms with van der Waals surface area (Å²) in [6.45, 7) is 10.1. The van der Waals surface area contributed by atoms with Crippen LogP contribution in [0.5, 0.6) is 0 Å². The lowest BCUT2D eigenvalue weighted by Gasteiger charge is -2.22. The van der Waals surface area contributed by atoms with Crippen LogP contribution in [0.15, 0.2) is 24.3 Å². The number of carbonyl (C=O) groups is 4. The fourth-order valence-corrected chi connectivity index (χ4v) is 2.95. The Kier molecular flexibility index (Phi) is 9.73. The first kappa shape index (κ1) is 28.5. The van der Waals surface area contributed by atoms with Crippen molar-refractivity contribution in [2.75, 3.05) is 0 Å². The molecular formula is C26H34N2O8. The molecule has 196 valence electrons. The number of esters is 2. The maximum absolute atomic E-state index is 12.7. The molecule has 0 spiro atoms. The molecule has 2 amide bonds. The van der Waals surface area contributed by atoms with Gasteiger partial charge in [-0.2, -0.15) is 0 Å². The van der Waals surface area contributed by atoms with E-state index in [0.717, 1.165) is 0 Å². The third-order valence-corrected chi connectivity index (χ3v) is 4.44. The van der Waals surface area contributed by atoms with Gasteiger partial charge in [0.05, 0.1) is 0 Å². The molecule has 36 heavy (non-hydrogen) atoms. The summed E-state index contributed by atoms with van der Waals surface area (Å²) in [7, 11) is 0. The average molecular weight is 503 g/mol. The number of cyclic esters (lactones) is 2. The van der Waals surface area contributed by atoms with Gasteiger partial charge in [0, 0.05) is 12.8 Å². The van der Waals surface area contributed by atoms with Gasteiger partial charge < -0.3 is 29.6 Å². The first-order chi connectivity index (χ1) is 16.7. The molecule has 10 heteroatoms. The molecule has 0 unspecified atom stereocenters. The van der Waals surface area contributed by atoms with E-state index < -0.39 is 47.4 Å². The Hall–Kier alpha value is -3.74. The molecular weight excluding hydrogens is 468 g/mol. The summed E-state index contributed by atoms with van der Waals surface area (Å²) in [4.78, 5) is 50.0. The number of ether oxygens (including phenoxy) is 4. The van der Waals surface area contributed by atoms with E-state index in [0.29, 0.717) is 11.1 Å². The van der Waals surface area contributed by atoms with Crippen LogP contribution < -0.4 is 10.6 Å². The molecule has 1 aliphatic heterocycles. The van der Waals surface area contributed by atoms with Crippen LogP contribution in [0.1, 0.15) is 65.5 Å². The van der Waals surface area contributed by atoms with Crippen LogP contribution in [0.25, 0.3) is 0 Å². The maximum Gasteiger partial charge on any atom is 0.408 e. The second-order valence-electron chi connectivity index (χ2n) is 10.2. The highest BCUT2D eigenvalue weighted by molar-refractivity contribution is 5.82. The van der Waals surface area contributed by atoms with Crippen molar-refractivity contribution >= 4 is 24.1 Å². The second-order valence-corrected chi connectivity index (χ2v) is 10.2. The fraction of sp³-hybridized carbons (Fsp3) is 0.538. The Bertz CT molecular complexity index is 952. The van der Waals surface area contributed by atoms with Crippen molar-refractivity contribution in [3.05, 3.63) is 35.4 Å². The summed E-state index contributed by atoms with van der Waals surface area (Å²) >= 11 is 0. The molecule has 0 aromatic heterocycles. The lowest BCUT2D eigenvalue weighted by atomic mass is 10.1. The van der Waals surface area contributed by atoms with E-state index in [2.05, 4.69) is 22.5 Å². The number of rotatable bonds is 2. The van der Waals surface area contributed by atoms with Gasteiger partial charge in [-0.15, -0.1) is 11.8 Å². The lowest BCUT2D eigenvalue weighted by Crippen LogP contribution is -2.44. The van der Waals surface area contributed by atoms with Gasteiger partial charge in [-0.1, -0.05) is 18.2 Å². The number of alkyl carbamates (subject to hydrolysis) is 2. The molecule has 0 saturated heterocycles. The molecule has 1 aromatic carbocycles. The van der Waals surface area contributed by atoms with Crippen molar-refractivity contribution < 1.29 is 38.1 Å². The van der Waals surface area contributed by atoms with Crippen molar-refractivity contribution in [1.82, 2.24) is 10.6 Å². The van der Waals surface area contributed by atoms with Gasteiger partial charge in [0.2, 0.25) is 0 Å². The summed E-state index contributed by atoms with van der Waals surface area (Å²) in [5.74, 6) is 4.14. The molecule has 2 atom stereocenters. The Balaban J connectivity index is 2.26. The van der Waals surface area contributed by atoms with E-state index in [1.807, 2.05) is 0 Å². The van der Waals surface area contributed by atoms with Crippen LogP contribution >= 0.6 is 0 Å². The van der Waals surface area contributed by atoms with Gasteiger partial charge in [0.15, 0.2) is 0 Å². The highest BCUT2D eigenvalue weighted by atomic mass is 16.6. The number of carbonyl (C=O) groups excluding carboxylic acids is 4. The van der Waals surface area contributed by atoms with E-state index in [-0.39, 0.29) is 26.1 Å². The molecule has 0 radical (unpaired) electrons. The van der Waals surface area contributed by atoms with Gasteiger partial charge in [-0.3, -0.25) is 0 Å². The summed E-state index contributed by atoms with van der Waals surface area (Å²) < 4.78 is 21.2. The Morgan fingerprint density at radius 1 is 0.806 bits per heavy atom. The zero-order valence-corrected chi connectivity index (χ0v) is 21.6. The van der Waals surface area contributed by atoms with E-state index in [1.54, 1.807) is 65.8 Å². The number of benzene rings is 1. The Morgan fingerprint density at radius 3 is 1.56 bits per heavy atom. The molecule has 2 bridgehead atoms. The van der Waals surface area contributed by atoms with Crippen LogP contribution in [0.2, 0.25) is 0 Å². The molecule has 1 aliphatic rings. The van der Waals surface area contributed by atoms with E-state index >= 15 is 0 Å². The predicted molar refractivity (Wildman–Crippen MR) is 129 cm³/mol. The third-order valence-electron chi connectivity index (χ3n) is 4.44. The van der Waals surface area contributed by atoms with Crippen molar-refractivity contribution in [3.8, 4) is 11.8 Å². The van der Waals surface area contributed by atoms with Crippen LogP contribution in [0, 0.1) is 11.8 Å². The molecule has 10 nitrogen and oxygen atoms in total. The number of amides is 2. The second kappa shape index (κ2) is 12.3. The van der Waals surface area contributed by atoms with E-state index in [1.165, 1.54) is 0 Å². The smallest absolute Gasteiger partial charge is 0.408 e. The first-order valence-corrected chi connectivity index (χ1v) is 11.6. The van der Waals surface area contributed by atoms with Crippen LogP contribution in [-0.2, 0) is 41.8 Å². The minimum absolute atomic E-state index is 0.0522. The molecule has 2 N–H and O–H groups in total. The minimum Gasteiger partial charge on any atom is -0.459 e. The third kappa shape index (κ3) is 10.7. The van der Waals surface area contributed by atoms with Crippen LogP contribution in [-0.4, -0.2) is 47.4 Å².